The van der Waals surface area contributed by atoms with Crippen molar-refractivity contribution in [1.82, 2.24) is 15.0 Å². The van der Waals surface area contributed by atoms with Crippen LogP contribution in [0.5, 0.6) is 5.75 Å². The number of anilines is 1. The number of phenolic OH excluding ortho intramolecular Hbond substituents is 1. The number of nitrogens with one attached hydrogen (secondary N) is 1. The van der Waals surface area contributed by atoms with Gasteiger partial charge in [0, 0.05) is 23.4 Å². The first kappa shape index (κ1) is 14.6. The van der Waals surface area contributed by atoms with Crippen LogP contribution in [-0.4, -0.2) is 26.0 Å². The highest BCUT2D eigenvalue weighted by Crippen LogP contribution is 2.20. The molecule has 0 atom stereocenters. The minimum absolute atomic E-state index is 0.114. The molecule has 0 unspecified atom stereocenters. The summed E-state index contributed by atoms with van der Waals surface area (Å²) >= 11 is 0. The molecule has 1 aromatic carbocycles. The summed E-state index contributed by atoms with van der Waals surface area (Å²) in [7, 11) is 0. The summed E-state index contributed by atoms with van der Waals surface area (Å²) in [5.74, 6) is -0.690. The highest BCUT2D eigenvalue weighted by atomic mass is 19.1. The maximum atomic E-state index is 13.0. The number of nitrogens with zero attached hydrogens (tertiary/aromatic N) is 3. The molecule has 0 aliphatic heterocycles. The molecule has 0 spiro atoms. The Hall–Kier alpha value is -3.35. The Bertz CT molecular complexity index is 853. The lowest BCUT2D eigenvalue weighted by molar-refractivity contribution is 0.102. The molecule has 2 heterocycles. The molecular formula is C16H11FN4O2. The quantitative estimate of drug-likeness (QED) is 0.726. The van der Waals surface area contributed by atoms with Crippen molar-refractivity contribution in [3.8, 4) is 17.1 Å². The van der Waals surface area contributed by atoms with E-state index in [1.165, 1.54) is 30.7 Å². The first-order chi connectivity index (χ1) is 11.1. The van der Waals surface area contributed by atoms with E-state index < -0.39 is 11.9 Å². The summed E-state index contributed by atoms with van der Waals surface area (Å²) < 4.78 is 13.0. The van der Waals surface area contributed by atoms with Crippen LogP contribution in [0, 0.1) is 5.95 Å². The van der Waals surface area contributed by atoms with Gasteiger partial charge in [0.1, 0.15) is 5.75 Å². The fraction of sp³-hybridized carbons (Fsp3) is 0. The van der Waals surface area contributed by atoms with Gasteiger partial charge in [-0.1, -0.05) is 12.1 Å². The third kappa shape index (κ3) is 3.46. The number of hydrogen-bond acceptors (Lipinski definition) is 5. The predicted octanol–water partition coefficient (Wildman–Crippen LogP) is 2.64. The average Bonchev–Trinajstić information content (AvgIpc) is 2.55. The number of halogens is 1. The summed E-state index contributed by atoms with van der Waals surface area (Å²) in [4.78, 5) is 23.6. The number of aromatic hydroxyl groups is 1. The topological polar surface area (TPSA) is 88.0 Å². The molecule has 2 aromatic heterocycles. The zero-order chi connectivity index (χ0) is 16.2. The van der Waals surface area contributed by atoms with Crippen LogP contribution in [0.3, 0.4) is 0 Å². The molecule has 0 aliphatic carbocycles. The Kier molecular flexibility index (Phi) is 3.92. The van der Waals surface area contributed by atoms with Gasteiger partial charge in [0.2, 0.25) is 5.95 Å². The van der Waals surface area contributed by atoms with Crippen LogP contribution >= 0.6 is 0 Å². The van der Waals surface area contributed by atoms with Crippen molar-refractivity contribution in [3.05, 3.63) is 66.5 Å². The van der Waals surface area contributed by atoms with E-state index in [2.05, 4.69) is 20.3 Å². The summed E-state index contributed by atoms with van der Waals surface area (Å²) in [5, 5.41) is 12.0. The van der Waals surface area contributed by atoms with Crippen molar-refractivity contribution in [2.24, 2.45) is 0 Å². The molecule has 1 amide bonds. The van der Waals surface area contributed by atoms with Gasteiger partial charge >= 0.3 is 0 Å². The van der Waals surface area contributed by atoms with Crippen LogP contribution in [0.2, 0.25) is 0 Å². The summed E-state index contributed by atoms with van der Waals surface area (Å²) in [5.41, 5.74) is 1.17. The average molecular weight is 310 g/mol. The van der Waals surface area contributed by atoms with Gasteiger partial charge in [0.05, 0.1) is 18.1 Å². The smallest absolute Gasteiger partial charge is 0.255 e. The van der Waals surface area contributed by atoms with E-state index in [4.69, 9.17) is 0 Å². The lowest BCUT2D eigenvalue weighted by atomic mass is 10.2. The molecule has 0 aliphatic rings. The molecule has 0 saturated carbocycles. The van der Waals surface area contributed by atoms with Gasteiger partial charge in [-0.25, -0.2) is 15.0 Å². The van der Waals surface area contributed by atoms with Crippen molar-refractivity contribution in [1.29, 1.82) is 0 Å². The van der Waals surface area contributed by atoms with Crippen molar-refractivity contribution >= 4 is 11.6 Å². The number of carbonyl (C=O) groups is 1. The van der Waals surface area contributed by atoms with Gasteiger partial charge in [-0.3, -0.25) is 4.79 Å². The fourth-order valence-corrected chi connectivity index (χ4v) is 1.93. The van der Waals surface area contributed by atoms with Crippen LogP contribution in [-0.2, 0) is 0 Å². The minimum atomic E-state index is -0.729. The largest absolute Gasteiger partial charge is 0.508 e. The lowest BCUT2D eigenvalue weighted by Gasteiger charge is -2.06. The molecule has 114 valence electrons. The molecule has 0 bridgehead atoms. The van der Waals surface area contributed by atoms with Crippen LogP contribution < -0.4 is 5.32 Å². The highest BCUT2D eigenvalue weighted by Gasteiger charge is 2.09. The second-order valence-electron chi connectivity index (χ2n) is 4.67. The summed E-state index contributed by atoms with van der Waals surface area (Å²) in [6.07, 6.45) is 4.08. The number of aromatic nitrogens is 3. The first-order valence-corrected chi connectivity index (χ1v) is 6.66. The van der Waals surface area contributed by atoms with Gasteiger partial charge < -0.3 is 10.4 Å². The van der Waals surface area contributed by atoms with Gasteiger partial charge in [0.15, 0.2) is 5.82 Å². The highest BCUT2D eigenvalue weighted by molar-refractivity contribution is 6.04. The molecule has 0 fully saturated rings. The molecular weight excluding hydrogens is 299 g/mol. The normalized spacial score (nSPS) is 10.3. The minimum Gasteiger partial charge on any atom is -0.508 e. The molecule has 6 nitrogen and oxygen atoms in total. The Labute approximate surface area is 130 Å². The van der Waals surface area contributed by atoms with E-state index >= 15 is 0 Å². The van der Waals surface area contributed by atoms with Crippen molar-refractivity contribution in [2.75, 3.05) is 5.32 Å². The van der Waals surface area contributed by atoms with Gasteiger partial charge in [-0.05, 0) is 18.2 Å². The number of carbonyl (C=O) groups excluding carboxylic acids is 1. The second kappa shape index (κ2) is 6.18. The molecule has 7 heteroatoms. The van der Waals surface area contributed by atoms with Crippen LogP contribution in [0.1, 0.15) is 10.4 Å². The van der Waals surface area contributed by atoms with Crippen LogP contribution in [0.4, 0.5) is 10.1 Å². The first-order valence-electron chi connectivity index (χ1n) is 6.66. The van der Waals surface area contributed by atoms with Gasteiger partial charge in [-0.2, -0.15) is 4.39 Å². The molecule has 23 heavy (non-hydrogen) atoms. The maximum Gasteiger partial charge on any atom is 0.255 e. The van der Waals surface area contributed by atoms with E-state index in [0.717, 1.165) is 6.07 Å². The predicted molar refractivity (Wildman–Crippen MR) is 81.3 cm³/mol. The molecule has 0 radical (unpaired) electrons. The van der Waals surface area contributed by atoms with Gasteiger partial charge in [0.25, 0.3) is 5.91 Å². The van der Waals surface area contributed by atoms with E-state index in [1.807, 2.05) is 0 Å². The fourth-order valence-electron chi connectivity index (χ4n) is 1.93. The molecule has 3 rings (SSSR count). The molecule has 0 saturated heterocycles. The standard InChI is InChI=1S/C16H11FN4O2/c17-14-7-11(4-5-18-14)16(23)21-12-8-19-15(20-9-12)10-2-1-3-13(22)6-10/h1-9,22H,(H,21,23). The zero-order valence-corrected chi connectivity index (χ0v) is 11.8. The lowest BCUT2D eigenvalue weighted by Crippen LogP contribution is -2.12. The van der Waals surface area contributed by atoms with E-state index in [1.54, 1.807) is 18.2 Å². The number of rotatable bonds is 3. The second-order valence-corrected chi connectivity index (χ2v) is 4.67. The van der Waals surface area contributed by atoms with Crippen LogP contribution in [0.15, 0.2) is 55.0 Å². The number of phenols is 1. The van der Waals surface area contributed by atoms with Crippen molar-refractivity contribution in [3.63, 3.8) is 0 Å². The zero-order valence-electron chi connectivity index (χ0n) is 11.8. The van der Waals surface area contributed by atoms with Crippen LogP contribution in [0.25, 0.3) is 11.4 Å². The van der Waals surface area contributed by atoms with Crippen molar-refractivity contribution in [2.45, 2.75) is 0 Å². The Balaban J connectivity index is 1.76. The third-order valence-corrected chi connectivity index (χ3v) is 3.00. The Morgan fingerprint density at radius 3 is 2.57 bits per heavy atom. The number of pyridine rings is 1. The molecule has 2 N–H and O–H groups in total. The summed E-state index contributed by atoms with van der Waals surface area (Å²) in [6.45, 7) is 0. The maximum absolute atomic E-state index is 13.0. The summed E-state index contributed by atoms with van der Waals surface area (Å²) in [6, 6.07) is 8.96. The van der Waals surface area contributed by atoms with E-state index in [0.29, 0.717) is 17.1 Å². The Morgan fingerprint density at radius 2 is 1.87 bits per heavy atom. The monoisotopic (exact) mass is 310 g/mol. The molecule has 3 aromatic rings. The van der Waals surface area contributed by atoms with E-state index in [-0.39, 0.29) is 11.3 Å². The number of hydrogen-bond donors (Lipinski definition) is 2. The van der Waals surface area contributed by atoms with Crippen molar-refractivity contribution < 1.29 is 14.3 Å². The third-order valence-electron chi connectivity index (χ3n) is 3.00. The van der Waals surface area contributed by atoms with Gasteiger partial charge in [-0.15, -0.1) is 0 Å². The van der Waals surface area contributed by atoms with E-state index in [9.17, 15) is 14.3 Å². The number of amides is 1. The number of benzene rings is 1. The SMILES string of the molecule is O=C(Nc1cnc(-c2cccc(O)c2)nc1)c1ccnc(F)c1. The Morgan fingerprint density at radius 1 is 1.09 bits per heavy atom.